The first-order chi connectivity index (χ1) is 12.8. The third kappa shape index (κ3) is 9.82. The molecular weight excluding hydrogens is 398 g/mol. The molecule has 0 N–H and O–H groups in total. The highest BCUT2D eigenvalue weighted by molar-refractivity contribution is 7.53. The van der Waals surface area contributed by atoms with Gasteiger partial charge in [0, 0.05) is 0 Å². The van der Waals surface area contributed by atoms with E-state index in [1.165, 1.54) is 0 Å². The van der Waals surface area contributed by atoms with Crippen molar-refractivity contribution < 1.29 is 27.2 Å². The van der Waals surface area contributed by atoms with E-state index in [9.17, 15) is 9.13 Å². The molecule has 1 rings (SSSR count). The molecule has 0 radical (unpaired) electrons. The third-order valence-electron chi connectivity index (χ3n) is 3.26. The van der Waals surface area contributed by atoms with Crippen LogP contribution < -0.4 is 0 Å². The quantitative estimate of drug-likeness (QED) is 0.338. The second-order valence-corrected chi connectivity index (χ2v) is 11.9. The van der Waals surface area contributed by atoms with Crippen LogP contribution in [0.25, 0.3) is 0 Å². The summed E-state index contributed by atoms with van der Waals surface area (Å²) in [6, 6.07) is 7.41. The monoisotopic (exact) mass is 434 g/mol. The SMILES string of the molecule is CC(C)OP(=O)(Cc1ccc(CP(=O)(OC(C)C)OC(C)C)cc1)OC(C)C. The first kappa shape index (κ1) is 25.6. The van der Waals surface area contributed by atoms with Crippen LogP contribution in [0.5, 0.6) is 0 Å². The lowest BCUT2D eigenvalue weighted by molar-refractivity contribution is 0.140. The minimum atomic E-state index is -3.25. The van der Waals surface area contributed by atoms with Gasteiger partial charge in [-0.1, -0.05) is 24.3 Å². The summed E-state index contributed by atoms with van der Waals surface area (Å²) >= 11 is 0. The van der Waals surface area contributed by atoms with Crippen LogP contribution in [0, 0.1) is 0 Å². The summed E-state index contributed by atoms with van der Waals surface area (Å²) < 4.78 is 48.5. The molecule has 0 spiro atoms. The Kier molecular flexibility index (Phi) is 10.1. The maximum absolute atomic E-state index is 13.0. The van der Waals surface area contributed by atoms with Crippen LogP contribution in [0.1, 0.15) is 66.5 Å². The molecule has 1 aromatic rings. The molecule has 1 aromatic carbocycles. The first-order valence-electron chi connectivity index (χ1n) is 9.82. The van der Waals surface area contributed by atoms with Crippen LogP contribution in [0.4, 0.5) is 0 Å². The molecule has 162 valence electrons. The summed E-state index contributed by atoms with van der Waals surface area (Å²) in [5, 5.41) is 0. The van der Waals surface area contributed by atoms with Gasteiger partial charge in [-0.05, 0) is 66.5 Å². The normalized spacial score (nSPS) is 13.3. The second kappa shape index (κ2) is 11.1. The Hall–Kier alpha value is -0.480. The average molecular weight is 434 g/mol. The van der Waals surface area contributed by atoms with E-state index in [2.05, 4.69) is 0 Å². The lowest BCUT2D eigenvalue weighted by atomic mass is 10.2. The zero-order valence-electron chi connectivity index (χ0n) is 18.4. The van der Waals surface area contributed by atoms with Crippen LogP contribution in [-0.2, 0) is 39.5 Å². The van der Waals surface area contributed by atoms with Crippen LogP contribution in [0.3, 0.4) is 0 Å². The zero-order chi connectivity index (χ0) is 21.5. The molecule has 0 unspecified atom stereocenters. The summed E-state index contributed by atoms with van der Waals surface area (Å²) in [5.41, 5.74) is 1.66. The van der Waals surface area contributed by atoms with Crippen molar-refractivity contribution in [3.63, 3.8) is 0 Å². The predicted octanol–water partition coefficient (Wildman–Crippen LogP) is 6.77. The van der Waals surface area contributed by atoms with Crippen molar-refractivity contribution in [3.05, 3.63) is 35.4 Å². The smallest absolute Gasteiger partial charge is 0.306 e. The fraction of sp³-hybridized carbons (Fsp3) is 0.700. The molecule has 0 heterocycles. The van der Waals surface area contributed by atoms with Gasteiger partial charge in [0.15, 0.2) is 0 Å². The van der Waals surface area contributed by atoms with Gasteiger partial charge in [-0.25, -0.2) is 0 Å². The Morgan fingerprint density at radius 3 is 0.964 bits per heavy atom. The zero-order valence-corrected chi connectivity index (χ0v) is 20.2. The van der Waals surface area contributed by atoms with Crippen LogP contribution in [0.15, 0.2) is 24.3 Å². The molecule has 0 saturated heterocycles. The van der Waals surface area contributed by atoms with E-state index in [4.69, 9.17) is 18.1 Å². The molecule has 0 aliphatic carbocycles. The van der Waals surface area contributed by atoms with Gasteiger partial charge in [0.1, 0.15) is 0 Å². The molecular formula is C20H36O6P2. The highest BCUT2D eigenvalue weighted by Crippen LogP contribution is 2.55. The fourth-order valence-electron chi connectivity index (χ4n) is 2.68. The maximum atomic E-state index is 13.0. The molecule has 0 bridgehead atoms. The molecule has 0 aromatic heterocycles. The van der Waals surface area contributed by atoms with Crippen molar-refractivity contribution in [1.29, 1.82) is 0 Å². The Morgan fingerprint density at radius 2 is 0.786 bits per heavy atom. The predicted molar refractivity (Wildman–Crippen MR) is 114 cm³/mol. The summed E-state index contributed by atoms with van der Waals surface area (Å²) in [6.07, 6.45) is -0.419. The minimum absolute atomic E-state index is 0.187. The molecule has 0 fully saturated rings. The molecule has 8 heteroatoms. The average Bonchev–Trinajstić information content (AvgIpc) is 2.45. The van der Waals surface area contributed by atoms with E-state index >= 15 is 0 Å². The van der Waals surface area contributed by atoms with Crippen molar-refractivity contribution in [2.75, 3.05) is 0 Å². The van der Waals surface area contributed by atoms with E-state index in [1.54, 1.807) is 0 Å². The Bertz CT molecular complexity index is 595. The third-order valence-corrected chi connectivity index (χ3v) is 7.74. The first-order valence-corrected chi connectivity index (χ1v) is 13.3. The fourth-order valence-corrected chi connectivity index (χ4v) is 6.96. The van der Waals surface area contributed by atoms with Gasteiger partial charge in [-0.3, -0.25) is 9.13 Å². The van der Waals surface area contributed by atoms with Crippen molar-refractivity contribution in [2.24, 2.45) is 0 Å². The van der Waals surface area contributed by atoms with Gasteiger partial charge in [0.2, 0.25) is 0 Å². The highest BCUT2D eigenvalue weighted by atomic mass is 31.2. The highest BCUT2D eigenvalue weighted by Gasteiger charge is 2.30. The minimum Gasteiger partial charge on any atom is -0.306 e. The Labute approximate surface area is 170 Å². The topological polar surface area (TPSA) is 71.1 Å². The standard InChI is InChI=1S/C20H36O6P2/c1-15(2)23-27(21,24-16(3)4)13-19-9-11-20(12-10-19)14-28(22,25-17(5)6)26-18(7)8/h9-12,15-18H,13-14H2,1-8H3. The summed E-state index contributed by atoms with van der Waals surface area (Å²) in [4.78, 5) is 0. The van der Waals surface area contributed by atoms with Crippen molar-refractivity contribution >= 4 is 15.2 Å². The molecule has 0 amide bonds. The van der Waals surface area contributed by atoms with Gasteiger partial charge in [0.05, 0.1) is 36.7 Å². The summed E-state index contributed by atoms with van der Waals surface area (Å²) in [6.45, 7) is 14.7. The van der Waals surface area contributed by atoms with Gasteiger partial charge >= 0.3 is 15.2 Å². The molecule has 0 saturated carbocycles. The molecule has 28 heavy (non-hydrogen) atoms. The van der Waals surface area contributed by atoms with Crippen LogP contribution in [-0.4, -0.2) is 24.4 Å². The maximum Gasteiger partial charge on any atom is 0.335 e. The Morgan fingerprint density at radius 1 is 0.571 bits per heavy atom. The van der Waals surface area contributed by atoms with E-state index in [0.717, 1.165) is 11.1 Å². The van der Waals surface area contributed by atoms with E-state index in [1.807, 2.05) is 79.7 Å². The van der Waals surface area contributed by atoms with E-state index in [0.29, 0.717) is 0 Å². The molecule has 0 atom stereocenters. The second-order valence-electron chi connectivity index (χ2n) is 7.97. The number of benzene rings is 1. The number of rotatable bonds is 12. The lowest BCUT2D eigenvalue weighted by Crippen LogP contribution is -2.10. The number of hydrogen-bond acceptors (Lipinski definition) is 6. The van der Waals surface area contributed by atoms with Crippen LogP contribution in [0.2, 0.25) is 0 Å². The molecule has 0 aliphatic heterocycles. The van der Waals surface area contributed by atoms with Crippen molar-refractivity contribution in [2.45, 2.75) is 92.1 Å². The van der Waals surface area contributed by atoms with Gasteiger partial charge in [-0.15, -0.1) is 0 Å². The summed E-state index contributed by atoms with van der Waals surface area (Å²) in [7, 11) is -6.50. The summed E-state index contributed by atoms with van der Waals surface area (Å²) in [5.74, 6) is 0. The van der Waals surface area contributed by atoms with Gasteiger partial charge in [-0.2, -0.15) is 0 Å². The molecule has 6 nitrogen and oxygen atoms in total. The van der Waals surface area contributed by atoms with Gasteiger partial charge < -0.3 is 18.1 Å². The van der Waals surface area contributed by atoms with Crippen molar-refractivity contribution in [3.8, 4) is 0 Å². The number of hydrogen-bond donors (Lipinski definition) is 0. The van der Waals surface area contributed by atoms with Gasteiger partial charge in [0.25, 0.3) is 0 Å². The molecule has 0 aliphatic rings. The van der Waals surface area contributed by atoms with Crippen molar-refractivity contribution in [1.82, 2.24) is 0 Å². The van der Waals surface area contributed by atoms with E-state index in [-0.39, 0.29) is 36.7 Å². The largest absolute Gasteiger partial charge is 0.335 e. The lowest BCUT2D eigenvalue weighted by Gasteiger charge is -2.24. The Balaban J connectivity index is 2.94. The van der Waals surface area contributed by atoms with E-state index < -0.39 is 15.2 Å². The van der Waals surface area contributed by atoms with Crippen LogP contribution >= 0.6 is 15.2 Å².